The fourth-order valence-electron chi connectivity index (χ4n) is 5.87. The molecule has 2 bridgehead atoms. The summed E-state index contributed by atoms with van der Waals surface area (Å²) in [5.41, 5.74) is 0. The topological polar surface area (TPSA) is 22.0 Å². The van der Waals surface area contributed by atoms with Crippen molar-refractivity contribution in [1.82, 2.24) is 0 Å². The molecule has 2 aliphatic carbocycles. The predicted molar refractivity (Wildman–Crippen MR) is 125 cm³/mol. The molecule has 2 aromatic rings. The largest absolute Gasteiger partial charge is 0.493 e. The Hall–Kier alpha value is -1.19. The first kappa shape index (κ1) is 21.1. The Balaban J connectivity index is 0.000000168. The molecule has 0 spiro atoms. The lowest BCUT2D eigenvalue weighted by atomic mass is 9.82. The molecule has 0 aromatic heterocycles. The first-order valence-electron chi connectivity index (χ1n) is 11.7. The van der Waals surface area contributed by atoms with Crippen LogP contribution in [-0.4, -0.2) is 24.6 Å². The van der Waals surface area contributed by atoms with Crippen molar-refractivity contribution < 1.29 is 9.47 Å². The molecule has 29 heavy (non-hydrogen) atoms. The van der Waals surface area contributed by atoms with Gasteiger partial charge in [0.05, 0.1) is 6.61 Å². The molecule has 158 valence electrons. The highest BCUT2D eigenvalue weighted by Gasteiger charge is 2.52. The molecule has 5 atom stereocenters. The van der Waals surface area contributed by atoms with E-state index in [0.29, 0.717) is 5.92 Å². The summed E-state index contributed by atoms with van der Waals surface area (Å²) in [4.78, 5) is 1.00. The van der Waals surface area contributed by atoms with Crippen LogP contribution in [0.25, 0.3) is 10.8 Å². The van der Waals surface area contributed by atoms with Crippen molar-refractivity contribution in [3.8, 4) is 5.75 Å². The Morgan fingerprint density at radius 3 is 2.34 bits per heavy atom. The number of thiol groups is 1. The summed E-state index contributed by atoms with van der Waals surface area (Å²) in [5.74, 6) is 5.90. The summed E-state index contributed by atoms with van der Waals surface area (Å²) >= 11 is 4.50. The van der Waals surface area contributed by atoms with Gasteiger partial charge < -0.3 is 9.47 Å². The van der Waals surface area contributed by atoms with E-state index in [1.165, 1.54) is 45.3 Å². The molecule has 3 aliphatic rings. The highest BCUT2D eigenvalue weighted by atomic mass is 32.1. The van der Waals surface area contributed by atoms with Crippen molar-refractivity contribution in [2.75, 3.05) is 19.8 Å². The maximum absolute atomic E-state index is 6.05. The molecular weight excluding hydrogens is 376 g/mol. The van der Waals surface area contributed by atoms with Gasteiger partial charge in [-0.05, 0) is 61.0 Å². The summed E-state index contributed by atoms with van der Waals surface area (Å²) in [5, 5.41) is 2.31. The van der Waals surface area contributed by atoms with Crippen LogP contribution in [0.15, 0.2) is 41.3 Å². The molecule has 1 heterocycles. The number of fused-ring (bicyclic) bond motifs is 6. The summed E-state index contributed by atoms with van der Waals surface area (Å²) in [6.45, 7) is 7.70. The minimum atomic E-state index is 0.652. The van der Waals surface area contributed by atoms with Crippen LogP contribution in [0.2, 0.25) is 0 Å². The first-order chi connectivity index (χ1) is 14.2. The smallest absolute Gasteiger partial charge is 0.148 e. The number of hydrogen-bond acceptors (Lipinski definition) is 2. The van der Waals surface area contributed by atoms with Gasteiger partial charge in [-0.15, -0.1) is 12.6 Å². The predicted octanol–water partition coefficient (Wildman–Crippen LogP) is 6.52. The van der Waals surface area contributed by atoms with Crippen LogP contribution < -0.4 is 4.74 Å². The van der Waals surface area contributed by atoms with Gasteiger partial charge in [-0.2, -0.15) is 0 Å². The lowest BCUT2D eigenvalue weighted by Gasteiger charge is -2.18. The fourth-order valence-corrected chi connectivity index (χ4v) is 6.14. The van der Waals surface area contributed by atoms with Gasteiger partial charge in [0, 0.05) is 22.1 Å². The molecule has 1 N–H and O–H groups in total. The third-order valence-electron chi connectivity index (χ3n) is 7.56. The Bertz CT molecular complexity index is 788. The molecule has 2 nitrogen and oxygen atoms in total. The molecule has 0 amide bonds. The average Bonchev–Trinajstić information content (AvgIpc) is 3.48. The van der Waals surface area contributed by atoms with E-state index in [9.17, 15) is 0 Å². The maximum Gasteiger partial charge on any atom is 0.148 e. The summed E-state index contributed by atoms with van der Waals surface area (Å²) in [6, 6.07) is 12.3. The van der Waals surface area contributed by atoms with E-state index in [0.717, 1.165) is 51.7 Å². The molecule has 2 aromatic carbocycles. The highest BCUT2D eigenvalue weighted by Crippen LogP contribution is 2.53. The summed E-state index contributed by atoms with van der Waals surface area (Å²) in [6.07, 6.45) is 8.25. The zero-order valence-electron chi connectivity index (χ0n) is 18.0. The Labute approximate surface area is 181 Å². The van der Waals surface area contributed by atoms with E-state index in [-0.39, 0.29) is 0 Å². The fraction of sp³-hybridized carbons (Fsp3) is 0.615. The quantitative estimate of drug-likeness (QED) is 0.422. The van der Waals surface area contributed by atoms with Gasteiger partial charge in [0.1, 0.15) is 19.0 Å². The van der Waals surface area contributed by atoms with Crippen molar-refractivity contribution in [2.45, 2.75) is 57.3 Å². The van der Waals surface area contributed by atoms with Crippen LogP contribution in [-0.2, 0) is 0 Å². The van der Waals surface area contributed by atoms with Crippen LogP contribution in [0, 0.1) is 29.6 Å². The zero-order valence-corrected chi connectivity index (χ0v) is 18.9. The standard InChI is InChI=1S/C17H22OS.C9H14O/c1-3-7-13(4-2)12-18-16-10-11-17(19)15-9-6-5-8-14(15)16;1-2-7-3-6(1)8-4-10-5-9(7)8/h5-6,8-11,13,19H,3-4,7,12H2,1-2H3;6-9H,1-5H2/p+1. The van der Waals surface area contributed by atoms with E-state index in [1.807, 2.05) is 24.3 Å². The number of benzene rings is 2. The van der Waals surface area contributed by atoms with Gasteiger partial charge in [0.15, 0.2) is 0 Å². The minimum Gasteiger partial charge on any atom is -0.493 e. The van der Waals surface area contributed by atoms with Gasteiger partial charge in [-0.25, -0.2) is 0 Å². The van der Waals surface area contributed by atoms with Gasteiger partial charge in [-0.1, -0.05) is 51.0 Å². The van der Waals surface area contributed by atoms with Gasteiger partial charge in [-0.3, -0.25) is 0 Å². The van der Waals surface area contributed by atoms with Gasteiger partial charge in [0.2, 0.25) is 0 Å². The Morgan fingerprint density at radius 2 is 1.69 bits per heavy atom. The first-order valence-corrected chi connectivity index (χ1v) is 12.1. The summed E-state index contributed by atoms with van der Waals surface area (Å²) < 4.78 is 10.6. The average molecular weight is 414 g/mol. The normalized spacial score (nSPS) is 28.1. The number of hydrogen-bond donors (Lipinski definition) is 1. The van der Waals surface area contributed by atoms with Crippen molar-refractivity contribution >= 4 is 23.4 Å². The molecule has 1 saturated heterocycles. The van der Waals surface area contributed by atoms with Gasteiger partial charge >= 0.3 is 0 Å². The highest BCUT2D eigenvalue weighted by molar-refractivity contribution is 7.80. The van der Waals surface area contributed by atoms with E-state index in [2.05, 4.69) is 43.3 Å². The number of aliphatic hydroxyl groups is 2. The van der Waals surface area contributed by atoms with Crippen LogP contribution in [0.3, 0.4) is 0 Å². The third-order valence-corrected chi connectivity index (χ3v) is 7.95. The third kappa shape index (κ3) is 4.61. The molecule has 3 heteroatoms. The van der Waals surface area contributed by atoms with Crippen LogP contribution >= 0.6 is 12.6 Å². The number of ether oxygens (including phenoxy) is 2. The molecule has 0 radical (unpaired) electrons. The van der Waals surface area contributed by atoms with E-state index in [4.69, 9.17) is 4.74 Å². The van der Waals surface area contributed by atoms with Crippen LogP contribution in [0.4, 0.5) is 0 Å². The van der Waals surface area contributed by atoms with Crippen LogP contribution in [0.1, 0.15) is 52.4 Å². The zero-order chi connectivity index (χ0) is 20.2. The SMILES string of the molecule is C1CC2CC1C1C[OH+]CC21.CCCC(CC)COc1ccc(S)c2ccccc12. The lowest BCUT2D eigenvalue weighted by molar-refractivity contribution is -0.0107. The van der Waals surface area contributed by atoms with Crippen LogP contribution in [0.5, 0.6) is 5.75 Å². The molecule has 5 unspecified atom stereocenters. The molecule has 5 rings (SSSR count). The van der Waals surface area contributed by atoms with E-state index < -0.39 is 0 Å². The lowest BCUT2D eigenvalue weighted by Crippen LogP contribution is -2.19. The molecule has 3 fully saturated rings. The second kappa shape index (κ2) is 9.75. The summed E-state index contributed by atoms with van der Waals surface area (Å²) in [7, 11) is 0. The van der Waals surface area contributed by atoms with E-state index >= 15 is 0 Å². The Morgan fingerprint density at radius 1 is 1.00 bits per heavy atom. The monoisotopic (exact) mass is 413 g/mol. The Kier molecular flexibility index (Phi) is 7.08. The molecule has 2 saturated carbocycles. The molecular formula is C26H37O2S+. The van der Waals surface area contributed by atoms with E-state index in [1.54, 1.807) is 6.42 Å². The van der Waals surface area contributed by atoms with Crippen molar-refractivity contribution in [1.29, 1.82) is 0 Å². The molecule has 1 aliphatic heterocycles. The second-order valence-electron chi connectivity index (χ2n) is 9.25. The van der Waals surface area contributed by atoms with Gasteiger partial charge in [0.25, 0.3) is 0 Å². The second-order valence-corrected chi connectivity index (χ2v) is 9.73. The maximum atomic E-state index is 6.05. The minimum absolute atomic E-state index is 0.652. The van der Waals surface area contributed by atoms with Crippen molar-refractivity contribution in [3.05, 3.63) is 36.4 Å². The number of rotatable bonds is 6. The van der Waals surface area contributed by atoms with Crippen molar-refractivity contribution in [2.24, 2.45) is 29.6 Å². The van der Waals surface area contributed by atoms with Crippen molar-refractivity contribution in [3.63, 3.8) is 0 Å².